The van der Waals surface area contributed by atoms with Crippen molar-refractivity contribution in [3.63, 3.8) is 0 Å². The van der Waals surface area contributed by atoms with Gasteiger partial charge < -0.3 is 15.8 Å². The van der Waals surface area contributed by atoms with E-state index in [0.717, 1.165) is 18.2 Å². The van der Waals surface area contributed by atoms with Crippen LogP contribution in [-0.2, 0) is 0 Å². The molecule has 0 saturated heterocycles. The Balaban J connectivity index is 2.82. The highest BCUT2D eigenvalue weighted by Gasteiger charge is 2.32. The summed E-state index contributed by atoms with van der Waals surface area (Å²) < 4.78 is 39.7. The number of amides is 1. The molecular formula is C11H10ClF3N2O2. The van der Waals surface area contributed by atoms with Crippen LogP contribution in [0.15, 0.2) is 29.8 Å². The van der Waals surface area contributed by atoms with Gasteiger partial charge in [0, 0.05) is 10.6 Å². The summed E-state index contributed by atoms with van der Waals surface area (Å²) in [5.41, 5.74) is 5.16. The van der Waals surface area contributed by atoms with Gasteiger partial charge in [-0.05, 0) is 18.2 Å². The van der Waals surface area contributed by atoms with Crippen molar-refractivity contribution >= 4 is 23.2 Å². The van der Waals surface area contributed by atoms with E-state index in [1.165, 1.54) is 0 Å². The van der Waals surface area contributed by atoms with Gasteiger partial charge in [-0.2, -0.15) is 0 Å². The van der Waals surface area contributed by atoms with E-state index in [1.807, 2.05) is 0 Å². The van der Waals surface area contributed by atoms with Crippen molar-refractivity contribution < 1.29 is 22.7 Å². The quantitative estimate of drug-likeness (QED) is 0.839. The molecule has 0 aliphatic carbocycles. The second-order valence-electron chi connectivity index (χ2n) is 3.50. The molecule has 1 amide bonds. The van der Waals surface area contributed by atoms with Gasteiger partial charge in [0.25, 0.3) is 5.91 Å². The van der Waals surface area contributed by atoms with E-state index in [1.54, 1.807) is 0 Å². The Kier molecular flexibility index (Phi) is 4.66. The first kappa shape index (κ1) is 15.2. The number of benzene rings is 1. The van der Waals surface area contributed by atoms with Crippen LogP contribution in [0, 0.1) is 0 Å². The minimum absolute atomic E-state index is 0.0428. The number of alkyl halides is 3. The lowest BCUT2D eigenvalue weighted by molar-refractivity contribution is -0.274. The van der Waals surface area contributed by atoms with Gasteiger partial charge in [0.2, 0.25) is 0 Å². The summed E-state index contributed by atoms with van der Waals surface area (Å²) in [5, 5.41) is 2.62. The first-order chi connectivity index (χ1) is 8.69. The third-order valence-electron chi connectivity index (χ3n) is 1.94. The first-order valence-electron chi connectivity index (χ1n) is 4.96. The van der Waals surface area contributed by atoms with Crippen LogP contribution in [0.1, 0.15) is 10.4 Å². The van der Waals surface area contributed by atoms with Crippen LogP contribution in [0.2, 0.25) is 0 Å². The Labute approximate surface area is 112 Å². The zero-order valence-corrected chi connectivity index (χ0v) is 10.3. The van der Waals surface area contributed by atoms with Crippen molar-refractivity contribution in [2.24, 2.45) is 0 Å². The number of halogens is 4. The van der Waals surface area contributed by atoms with Gasteiger partial charge in [-0.1, -0.05) is 18.2 Å². The Morgan fingerprint density at radius 1 is 1.47 bits per heavy atom. The van der Waals surface area contributed by atoms with E-state index in [-0.39, 0.29) is 22.8 Å². The fourth-order valence-electron chi connectivity index (χ4n) is 1.19. The van der Waals surface area contributed by atoms with Crippen LogP contribution in [0.5, 0.6) is 5.75 Å². The summed E-state index contributed by atoms with van der Waals surface area (Å²) in [4.78, 5) is 11.6. The lowest BCUT2D eigenvalue weighted by atomic mass is 10.2. The highest BCUT2D eigenvalue weighted by Crippen LogP contribution is 2.28. The van der Waals surface area contributed by atoms with Crippen molar-refractivity contribution in [3.8, 4) is 5.75 Å². The molecule has 0 saturated carbocycles. The van der Waals surface area contributed by atoms with E-state index < -0.39 is 18.0 Å². The van der Waals surface area contributed by atoms with Gasteiger partial charge in [-0.25, -0.2) is 0 Å². The number of hydrogen-bond donors (Lipinski definition) is 2. The van der Waals surface area contributed by atoms with Gasteiger partial charge in [-0.15, -0.1) is 13.2 Å². The van der Waals surface area contributed by atoms with Gasteiger partial charge in [0.05, 0.1) is 12.2 Å². The molecule has 0 atom stereocenters. The van der Waals surface area contributed by atoms with Crippen LogP contribution in [0.25, 0.3) is 0 Å². The van der Waals surface area contributed by atoms with Crippen LogP contribution < -0.4 is 15.8 Å². The molecule has 0 spiro atoms. The predicted octanol–water partition coefficient (Wildman–Crippen LogP) is 2.65. The van der Waals surface area contributed by atoms with E-state index in [2.05, 4.69) is 16.6 Å². The summed E-state index contributed by atoms with van der Waals surface area (Å²) in [5.74, 6) is -1.10. The number of nitrogens with one attached hydrogen (secondary N) is 1. The maximum atomic E-state index is 12.0. The van der Waals surface area contributed by atoms with Gasteiger partial charge in [-0.3, -0.25) is 4.79 Å². The molecule has 1 aromatic carbocycles. The predicted molar refractivity (Wildman–Crippen MR) is 64.9 cm³/mol. The van der Waals surface area contributed by atoms with Crippen LogP contribution in [-0.4, -0.2) is 18.8 Å². The number of nitrogen functional groups attached to an aromatic ring is 1. The molecule has 19 heavy (non-hydrogen) atoms. The number of ether oxygens (including phenoxy) is 1. The molecule has 0 aliphatic rings. The molecule has 0 heterocycles. The highest BCUT2D eigenvalue weighted by atomic mass is 35.5. The molecule has 0 aromatic heterocycles. The van der Waals surface area contributed by atoms with Crippen molar-refractivity contribution in [2.45, 2.75) is 6.36 Å². The van der Waals surface area contributed by atoms with Crippen molar-refractivity contribution in [2.75, 3.05) is 12.3 Å². The molecule has 104 valence electrons. The maximum absolute atomic E-state index is 12.0. The normalized spacial score (nSPS) is 10.9. The third kappa shape index (κ3) is 5.09. The van der Waals surface area contributed by atoms with E-state index in [4.69, 9.17) is 17.3 Å². The molecule has 0 unspecified atom stereocenters. The number of rotatable bonds is 4. The molecule has 1 rings (SSSR count). The van der Waals surface area contributed by atoms with Crippen molar-refractivity contribution in [1.29, 1.82) is 0 Å². The largest absolute Gasteiger partial charge is 0.573 e. The molecule has 4 nitrogen and oxygen atoms in total. The van der Waals surface area contributed by atoms with E-state index >= 15 is 0 Å². The Hall–Kier alpha value is -1.89. The number of carbonyl (C=O) groups is 1. The van der Waals surface area contributed by atoms with Crippen LogP contribution >= 0.6 is 11.6 Å². The van der Waals surface area contributed by atoms with E-state index in [9.17, 15) is 18.0 Å². The van der Waals surface area contributed by atoms with Crippen molar-refractivity contribution in [3.05, 3.63) is 35.4 Å². The number of carbonyl (C=O) groups excluding carboxylic acids is 1. The average molecular weight is 295 g/mol. The second kappa shape index (κ2) is 5.83. The zero-order chi connectivity index (χ0) is 14.6. The third-order valence-corrected chi connectivity index (χ3v) is 2.07. The molecule has 3 N–H and O–H groups in total. The molecule has 1 aromatic rings. The number of nitrogens with two attached hydrogens (primary N) is 1. The van der Waals surface area contributed by atoms with Gasteiger partial charge >= 0.3 is 6.36 Å². The smallest absolute Gasteiger partial charge is 0.404 e. The molecule has 0 bridgehead atoms. The van der Waals surface area contributed by atoms with E-state index in [0.29, 0.717) is 0 Å². The number of hydrogen-bond acceptors (Lipinski definition) is 3. The summed E-state index contributed by atoms with van der Waals surface area (Å²) in [7, 11) is 0. The fourth-order valence-corrected chi connectivity index (χ4v) is 1.25. The summed E-state index contributed by atoms with van der Waals surface area (Å²) in [6.07, 6.45) is -4.84. The summed E-state index contributed by atoms with van der Waals surface area (Å²) in [6.45, 7) is 3.42. The maximum Gasteiger partial charge on any atom is 0.573 e. The first-order valence-corrected chi connectivity index (χ1v) is 5.33. The SMILES string of the molecule is C=C(Cl)CNC(=O)c1ccc(OC(F)(F)F)c(N)c1. The lowest BCUT2D eigenvalue weighted by Gasteiger charge is -2.12. The Bertz CT molecular complexity index is 503. The van der Waals surface area contributed by atoms with Gasteiger partial charge in [0.15, 0.2) is 5.75 Å². The fraction of sp³-hybridized carbons (Fsp3) is 0.182. The zero-order valence-electron chi connectivity index (χ0n) is 9.55. The summed E-state index contributed by atoms with van der Waals surface area (Å²) >= 11 is 5.46. The standard InChI is InChI=1S/C11H10ClF3N2O2/c1-6(12)5-17-10(18)7-2-3-9(8(16)4-7)19-11(13,14)15/h2-4H,1,5,16H2,(H,17,18). The monoisotopic (exact) mass is 294 g/mol. The lowest BCUT2D eigenvalue weighted by Crippen LogP contribution is -2.24. The molecule has 0 fully saturated rings. The minimum Gasteiger partial charge on any atom is -0.404 e. The van der Waals surface area contributed by atoms with Crippen molar-refractivity contribution in [1.82, 2.24) is 5.32 Å². The van der Waals surface area contributed by atoms with Crippen LogP contribution in [0.4, 0.5) is 18.9 Å². The molecular weight excluding hydrogens is 285 g/mol. The van der Waals surface area contributed by atoms with Gasteiger partial charge in [0.1, 0.15) is 0 Å². The topological polar surface area (TPSA) is 64.3 Å². The number of anilines is 1. The highest BCUT2D eigenvalue weighted by molar-refractivity contribution is 6.29. The molecule has 8 heteroatoms. The Morgan fingerprint density at radius 2 is 2.11 bits per heavy atom. The second-order valence-corrected chi connectivity index (χ2v) is 4.03. The molecule has 0 aliphatic heterocycles. The summed E-state index contributed by atoms with van der Waals surface area (Å²) in [6, 6.07) is 3.20. The minimum atomic E-state index is -4.84. The average Bonchev–Trinajstić information content (AvgIpc) is 2.27. The Morgan fingerprint density at radius 3 is 2.58 bits per heavy atom. The molecule has 0 radical (unpaired) electrons. The van der Waals surface area contributed by atoms with Crippen LogP contribution in [0.3, 0.4) is 0 Å².